The zero-order chi connectivity index (χ0) is 9.31. The molecule has 1 aromatic carbocycles. The van der Waals surface area contributed by atoms with Crippen molar-refractivity contribution in [2.24, 2.45) is 11.1 Å². The third-order valence-electron chi connectivity index (χ3n) is 2.28. The maximum Gasteiger partial charge on any atom is 0.268 e. The van der Waals surface area contributed by atoms with Gasteiger partial charge in [-0.3, -0.25) is 0 Å². The summed E-state index contributed by atoms with van der Waals surface area (Å²) in [5.41, 5.74) is 0.736. The number of hydrogen-bond acceptors (Lipinski definition) is 3. The lowest BCUT2D eigenvalue weighted by atomic mass is 9.95. The van der Waals surface area contributed by atoms with Crippen molar-refractivity contribution in [1.82, 2.24) is 0 Å². The molecule has 3 heteroatoms. The monoisotopic (exact) mass is 177 g/mol. The summed E-state index contributed by atoms with van der Waals surface area (Å²) in [4.78, 5) is 4.96. The molecule has 0 spiro atoms. The first-order valence-corrected chi connectivity index (χ1v) is 4.23. The van der Waals surface area contributed by atoms with Crippen LogP contribution >= 0.6 is 0 Å². The van der Waals surface area contributed by atoms with E-state index in [0.717, 1.165) is 5.56 Å². The van der Waals surface area contributed by atoms with Crippen molar-refractivity contribution in [2.75, 3.05) is 0 Å². The van der Waals surface area contributed by atoms with Gasteiger partial charge in [0.15, 0.2) is 0 Å². The zero-order valence-electron chi connectivity index (χ0n) is 7.34. The lowest BCUT2D eigenvalue weighted by molar-refractivity contribution is -0.214. The second kappa shape index (κ2) is 2.85. The van der Waals surface area contributed by atoms with Crippen molar-refractivity contribution < 1.29 is 9.94 Å². The van der Waals surface area contributed by atoms with E-state index in [9.17, 15) is 5.11 Å². The van der Waals surface area contributed by atoms with Crippen LogP contribution in [-0.2, 0) is 10.6 Å². The molecule has 2 unspecified atom stereocenters. The number of hydrogen-bond donors (Lipinski definition) is 1. The minimum Gasteiger partial charge on any atom is -0.355 e. The van der Waals surface area contributed by atoms with E-state index in [2.05, 4.69) is 5.16 Å². The van der Waals surface area contributed by atoms with E-state index in [4.69, 9.17) is 4.84 Å². The summed E-state index contributed by atoms with van der Waals surface area (Å²) in [6.07, 6.45) is 1.60. The van der Waals surface area contributed by atoms with Crippen LogP contribution in [-0.4, -0.2) is 11.3 Å². The minimum absolute atomic E-state index is 0.116. The highest BCUT2D eigenvalue weighted by Crippen LogP contribution is 2.33. The Morgan fingerprint density at radius 1 is 1.38 bits per heavy atom. The van der Waals surface area contributed by atoms with Crippen molar-refractivity contribution in [2.45, 2.75) is 12.7 Å². The quantitative estimate of drug-likeness (QED) is 0.706. The van der Waals surface area contributed by atoms with Crippen molar-refractivity contribution in [3.63, 3.8) is 0 Å². The molecule has 1 N–H and O–H groups in total. The van der Waals surface area contributed by atoms with E-state index < -0.39 is 5.79 Å². The van der Waals surface area contributed by atoms with Gasteiger partial charge in [-0.1, -0.05) is 42.4 Å². The van der Waals surface area contributed by atoms with Gasteiger partial charge in [-0.05, 0) is 0 Å². The molecule has 0 aliphatic carbocycles. The molecule has 13 heavy (non-hydrogen) atoms. The van der Waals surface area contributed by atoms with Crippen molar-refractivity contribution in [3.8, 4) is 0 Å². The third-order valence-corrected chi connectivity index (χ3v) is 2.28. The van der Waals surface area contributed by atoms with E-state index in [1.165, 1.54) is 0 Å². The molecule has 1 aliphatic rings. The van der Waals surface area contributed by atoms with Crippen molar-refractivity contribution in [1.29, 1.82) is 0 Å². The zero-order valence-corrected chi connectivity index (χ0v) is 7.34. The summed E-state index contributed by atoms with van der Waals surface area (Å²) in [5, 5.41) is 13.7. The topological polar surface area (TPSA) is 41.8 Å². The number of benzene rings is 1. The second-order valence-electron chi connectivity index (χ2n) is 3.20. The van der Waals surface area contributed by atoms with Gasteiger partial charge < -0.3 is 9.94 Å². The molecule has 68 valence electrons. The normalized spacial score (nSPS) is 31.7. The Morgan fingerprint density at radius 2 is 2.08 bits per heavy atom. The lowest BCUT2D eigenvalue weighted by Gasteiger charge is -2.24. The molecule has 2 atom stereocenters. The van der Waals surface area contributed by atoms with Crippen molar-refractivity contribution in [3.05, 3.63) is 35.9 Å². The van der Waals surface area contributed by atoms with Crippen LogP contribution in [0.2, 0.25) is 0 Å². The lowest BCUT2D eigenvalue weighted by Crippen LogP contribution is -2.31. The van der Waals surface area contributed by atoms with Gasteiger partial charge in [0.2, 0.25) is 0 Å². The Morgan fingerprint density at radius 3 is 2.62 bits per heavy atom. The molecular formula is C10H11NO2. The number of nitrogens with zero attached hydrogens (tertiary/aromatic N) is 1. The summed E-state index contributed by atoms with van der Waals surface area (Å²) in [7, 11) is 0. The Balaban J connectivity index is 2.36. The first-order chi connectivity index (χ1) is 6.23. The highest BCUT2D eigenvalue weighted by molar-refractivity contribution is 5.63. The summed E-state index contributed by atoms with van der Waals surface area (Å²) < 4.78 is 0. The predicted molar refractivity (Wildman–Crippen MR) is 49.1 cm³/mol. The molecule has 0 aromatic heterocycles. The molecule has 0 radical (unpaired) electrons. The van der Waals surface area contributed by atoms with Gasteiger partial charge in [-0.15, -0.1) is 0 Å². The van der Waals surface area contributed by atoms with Gasteiger partial charge in [0.1, 0.15) is 0 Å². The first kappa shape index (κ1) is 8.26. The van der Waals surface area contributed by atoms with Crippen LogP contribution in [0.5, 0.6) is 0 Å². The molecule has 1 aromatic rings. The maximum atomic E-state index is 10.1. The van der Waals surface area contributed by atoms with Gasteiger partial charge >= 0.3 is 0 Å². The maximum absolute atomic E-state index is 10.1. The molecule has 0 fully saturated rings. The molecule has 1 aliphatic heterocycles. The average molecular weight is 177 g/mol. The van der Waals surface area contributed by atoms with E-state index in [0.29, 0.717) is 0 Å². The molecule has 1 heterocycles. The minimum atomic E-state index is -1.28. The largest absolute Gasteiger partial charge is 0.355 e. The molecule has 3 nitrogen and oxygen atoms in total. The van der Waals surface area contributed by atoms with Crippen molar-refractivity contribution >= 4 is 6.21 Å². The van der Waals surface area contributed by atoms with Gasteiger partial charge in [-0.25, -0.2) is 0 Å². The van der Waals surface area contributed by atoms with Crippen LogP contribution in [0.1, 0.15) is 12.5 Å². The molecular weight excluding hydrogens is 166 g/mol. The average Bonchev–Trinajstić information content (AvgIpc) is 2.50. The van der Waals surface area contributed by atoms with Crippen LogP contribution < -0.4 is 0 Å². The Bertz CT molecular complexity index is 323. The predicted octanol–water partition coefficient (Wildman–Crippen LogP) is 1.48. The van der Waals surface area contributed by atoms with Gasteiger partial charge in [0, 0.05) is 5.56 Å². The van der Waals surface area contributed by atoms with Crippen LogP contribution in [0.25, 0.3) is 0 Å². The van der Waals surface area contributed by atoms with E-state index in [1.54, 1.807) is 6.21 Å². The fourth-order valence-electron chi connectivity index (χ4n) is 1.38. The number of rotatable bonds is 1. The highest BCUT2D eigenvalue weighted by Gasteiger charge is 2.41. The van der Waals surface area contributed by atoms with Crippen LogP contribution in [0.4, 0.5) is 0 Å². The summed E-state index contributed by atoms with van der Waals surface area (Å²) in [5.74, 6) is -1.39. The number of aliphatic hydroxyl groups is 1. The SMILES string of the molecule is CC1C=NOC1(O)c1ccccc1. The Hall–Kier alpha value is -1.35. The molecule has 2 rings (SSSR count). The fraction of sp³-hybridized carbons (Fsp3) is 0.300. The Labute approximate surface area is 76.6 Å². The first-order valence-electron chi connectivity index (χ1n) is 4.23. The highest BCUT2D eigenvalue weighted by atomic mass is 16.7. The van der Waals surface area contributed by atoms with Gasteiger partial charge in [0.25, 0.3) is 5.79 Å². The van der Waals surface area contributed by atoms with E-state index >= 15 is 0 Å². The van der Waals surface area contributed by atoms with Gasteiger partial charge in [0.05, 0.1) is 12.1 Å². The summed E-state index contributed by atoms with van der Waals surface area (Å²) in [6, 6.07) is 9.27. The number of oxime groups is 1. The van der Waals surface area contributed by atoms with E-state index in [-0.39, 0.29) is 5.92 Å². The second-order valence-corrected chi connectivity index (χ2v) is 3.20. The van der Waals surface area contributed by atoms with Crippen LogP contribution in [0.3, 0.4) is 0 Å². The molecule has 0 bridgehead atoms. The van der Waals surface area contributed by atoms with Crippen LogP contribution in [0, 0.1) is 5.92 Å². The standard InChI is InChI=1S/C10H11NO2/c1-8-7-11-13-10(8,12)9-5-3-2-4-6-9/h2-8,12H,1H3. The van der Waals surface area contributed by atoms with Gasteiger partial charge in [-0.2, -0.15) is 0 Å². The van der Waals surface area contributed by atoms with Crippen LogP contribution in [0.15, 0.2) is 35.5 Å². The summed E-state index contributed by atoms with van der Waals surface area (Å²) in [6.45, 7) is 1.86. The third kappa shape index (κ3) is 1.21. The fourth-order valence-corrected chi connectivity index (χ4v) is 1.38. The van der Waals surface area contributed by atoms with E-state index in [1.807, 2.05) is 37.3 Å². The summed E-state index contributed by atoms with van der Waals surface area (Å²) >= 11 is 0. The molecule has 0 saturated heterocycles. The Kier molecular flexibility index (Phi) is 1.81. The molecule has 0 saturated carbocycles. The smallest absolute Gasteiger partial charge is 0.268 e. The molecule has 0 amide bonds.